The number of unbranched alkanes of at least 4 members (excludes halogenated alkanes) is 25. The SMILES string of the molecule is CCCCCCCCCCCCCCC(=O)OC[C@H](COC(=O)CCCCCCCCCCC(C)C)OC(=O)CCCCCCCCCCC(C)CC. The molecule has 0 saturated heterocycles. The maximum absolute atomic E-state index is 12.7. The molecule has 0 amide bonds. The van der Waals surface area contributed by atoms with Crippen molar-refractivity contribution in [2.45, 2.75) is 259 Å². The fourth-order valence-corrected chi connectivity index (χ4v) is 6.90. The zero-order chi connectivity index (χ0) is 39.0. The highest BCUT2D eigenvalue weighted by Crippen LogP contribution is 2.17. The van der Waals surface area contributed by atoms with Crippen LogP contribution in [0.1, 0.15) is 253 Å². The molecule has 2 atom stereocenters. The second-order valence-electron chi connectivity index (χ2n) is 16.8. The van der Waals surface area contributed by atoms with Crippen LogP contribution in [0.4, 0.5) is 0 Å². The quantitative estimate of drug-likeness (QED) is 0.0352. The third-order valence-electron chi connectivity index (χ3n) is 10.8. The van der Waals surface area contributed by atoms with Crippen LogP contribution in [0.2, 0.25) is 0 Å². The molecule has 0 aliphatic heterocycles. The molecule has 0 heterocycles. The van der Waals surface area contributed by atoms with E-state index in [-0.39, 0.29) is 31.1 Å². The van der Waals surface area contributed by atoms with Gasteiger partial charge in [0, 0.05) is 19.3 Å². The second kappa shape index (κ2) is 40.1. The highest BCUT2D eigenvalue weighted by Gasteiger charge is 2.19. The summed E-state index contributed by atoms with van der Waals surface area (Å²) < 4.78 is 16.7. The fourth-order valence-electron chi connectivity index (χ4n) is 6.90. The molecule has 0 radical (unpaired) electrons. The number of ether oxygens (including phenoxy) is 3. The van der Waals surface area contributed by atoms with Crippen LogP contribution in [0.5, 0.6) is 0 Å². The van der Waals surface area contributed by atoms with Crippen molar-refractivity contribution in [1.29, 1.82) is 0 Å². The molecule has 0 aromatic rings. The van der Waals surface area contributed by atoms with Gasteiger partial charge in [-0.1, -0.05) is 214 Å². The van der Waals surface area contributed by atoms with Gasteiger partial charge in [0.2, 0.25) is 0 Å². The van der Waals surface area contributed by atoms with Crippen LogP contribution in [-0.2, 0) is 28.6 Å². The van der Waals surface area contributed by atoms with E-state index in [4.69, 9.17) is 14.2 Å². The van der Waals surface area contributed by atoms with E-state index in [1.165, 1.54) is 141 Å². The van der Waals surface area contributed by atoms with Gasteiger partial charge in [0.05, 0.1) is 0 Å². The lowest BCUT2D eigenvalue weighted by Gasteiger charge is -2.18. The lowest BCUT2D eigenvalue weighted by atomic mass is 9.99. The lowest BCUT2D eigenvalue weighted by Crippen LogP contribution is -2.30. The summed E-state index contributed by atoms with van der Waals surface area (Å²) in [5.41, 5.74) is 0. The molecule has 0 aliphatic rings. The first-order valence-corrected chi connectivity index (χ1v) is 23.3. The van der Waals surface area contributed by atoms with Gasteiger partial charge in [0.15, 0.2) is 6.10 Å². The Bertz CT molecular complexity index is 811. The van der Waals surface area contributed by atoms with Crippen molar-refractivity contribution in [3.05, 3.63) is 0 Å². The summed E-state index contributed by atoms with van der Waals surface area (Å²) >= 11 is 0. The minimum Gasteiger partial charge on any atom is -0.462 e. The Hall–Kier alpha value is -1.59. The molecule has 1 unspecified atom stereocenters. The van der Waals surface area contributed by atoms with E-state index in [9.17, 15) is 14.4 Å². The van der Waals surface area contributed by atoms with Crippen LogP contribution >= 0.6 is 0 Å². The van der Waals surface area contributed by atoms with Gasteiger partial charge < -0.3 is 14.2 Å². The van der Waals surface area contributed by atoms with Gasteiger partial charge in [-0.2, -0.15) is 0 Å². The average Bonchev–Trinajstić information content (AvgIpc) is 3.14. The normalized spacial score (nSPS) is 12.6. The maximum atomic E-state index is 12.7. The monoisotopic (exact) mass is 751 g/mol. The Balaban J connectivity index is 4.35. The average molecular weight is 751 g/mol. The summed E-state index contributed by atoms with van der Waals surface area (Å²) in [6.45, 7) is 11.3. The van der Waals surface area contributed by atoms with Gasteiger partial charge in [-0.25, -0.2) is 0 Å². The molecule has 0 aliphatic carbocycles. The molecule has 0 fully saturated rings. The lowest BCUT2D eigenvalue weighted by molar-refractivity contribution is -0.167. The molecule has 0 N–H and O–H groups in total. The van der Waals surface area contributed by atoms with E-state index in [0.29, 0.717) is 19.3 Å². The molecule has 0 aromatic carbocycles. The molecule has 6 nitrogen and oxygen atoms in total. The number of rotatable bonds is 41. The highest BCUT2D eigenvalue weighted by atomic mass is 16.6. The Morgan fingerprint density at radius 1 is 0.396 bits per heavy atom. The Kier molecular flexibility index (Phi) is 38.9. The van der Waals surface area contributed by atoms with Gasteiger partial charge in [-0.05, 0) is 31.1 Å². The topological polar surface area (TPSA) is 78.9 Å². The molecule has 53 heavy (non-hydrogen) atoms. The van der Waals surface area contributed by atoms with Crippen LogP contribution in [0.15, 0.2) is 0 Å². The van der Waals surface area contributed by atoms with E-state index in [2.05, 4.69) is 34.6 Å². The number of hydrogen-bond donors (Lipinski definition) is 0. The van der Waals surface area contributed by atoms with Crippen molar-refractivity contribution < 1.29 is 28.6 Å². The molecular formula is C47H90O6. The third-order valence-corrected chi connectivity index (χ3v) is 10.8. The molecule has 0 spiro atoms. The third kappa shape index (κ3) is 39.9. The van der Waals surface area contributed by atoms with Crippen molar-refractivity contribution in [2.24, 2.45) is 11.8 Å². The molecule has 0 rings (SSSR count). The zero-order valence-corrected chi connectivity index (χ0v) is 36.1. The smallest absolute Gasteiger partial charge is 0.306 e. The van der Waals surface area contributed by atoms with Crippen LogP contribution in [0, 0.1) is 11.8 Å². The van der Waals surface area contributed by atoms with Crippen LogP contribution in [0.25, 0.3) is 0 Å². The van der Waals surface area contributed by atoms with Gasteiger partial charge >= 0.3 is 17.9 Å². The van der Waals surface area contributed by atoms with Crippen molar-refractivity contribution in [3.63, 3.8) is 0 Å². The van der Waals surface area contributed by atoms with Crippen molar-refractivity contribution in [3.8, 4) is 0 Å². The number of carbonyl (C=O) groups is 3. The summed E-state index contributed by atoms with van der Waals surface area (Å²) in [6.07, 6.45) is 38.0. The molecule has 0 bridgehead atoms. The van der Waals surface area contributed by atoms with Gasteiger partial charge in [0.25, 0.3) is 0 Å². The zero-order valence-electron chi connectivity index (χ0n) is 36.1. The number of hydrogen-bond acceptors (Lipinski definition) is 6. The van der Waals surface area contributed by atoms with Crippen LogP contribution < -0.4 is 0 Å². The van der Waals surface area contributed by atoms with Crippen molar-refractivity contribution in [1.82, 2.24) is 0 Å². The number of carbonyl (C=O) groups excluding carboxylic acids is 3. The molecule has 0 saturated carbocycles. The highest BCUT2D eigenvalue weighted by molar-refractivity contribution is 5.71. The summed E-state index contributed by atoms with van der Waals surface area (Å²) in [5.74, 6) is 0.782. The van der Waals surface area contributed by atoms with Gasteiger partial charge in [0.1, 0.15) is 13.2 Å². The first-order valence-electron chi connectivity index (χ1n) is 23.3. The maximum Gasteiger partial charge on any atom is 0.306 e. The standard InChI is InChI=1S/C47H90O6/c1-6-8-9-10-11-12-13-14-15-22-27-32-37-45(48)51-40-44(41-52-46(49)38-33-28-23-18-16-20-25-30-35-42(3)4)53-47(50)39-34-29-24-19-17-21-26-31-36-43(5)7-2/h42-44H,6-41H2,1-5H3/t43?,44-/m1/s1. The predicted molar refractivity (Wildman–Crippen MR) is 224 cm³/mol. The van der Waals surface area contributed by atoms with Gasteiger partial charge in [-0.3, -0.25) is 14.4 Å². The molecular weight excluding hydrogens is 661 g/mol. The molecule has 6 heteroatoms. The molecule has 0 aromatic heterocycles. The second-order valence-corrected chi connectivity index (χ2v) is 16.8. The molecule has 314 valence electrons. The van der Waals surface area contributed by atoms with Crippen molar-refractivity contribution in [2.75, 3.05) is 13.2 Å². The summed E-state index contributed by atoms with van der Waals surface area (Å²) in [5, 5.41) is 0. The van der Waals surface area contributed by atoms with Gasteiger partial charge in [-0.15, -0.1) is 0 Å². The van der Waals surface area contributed by atoms with Crippen LogP contribution in [0.3, 0.4) is 0 Å². The minimum absolute atomic E-state index is 0.0652. The Morgan fingerprint density at radius 3 is 1.08 bits per heavy atom. The van der Waals surface area contributed by atoms with Crippen molar-refractivity contribution >= 4 is 17.9 Å². The first kappa shape index (κ1) is 51.4. The Morgan fingerprint density at radius 2 is 0.717 bits per heavy atom. The number of esters is 3. The van der Waals surface area contributed by atoms with E-state index < -0.39 is 6.10 Å². The predicted octanol–water partition coefficient (Wildman–Crippen LogP) is 14.6. The summed E-state index contributed by atoms with van der Waals surface area (Å²) in [7, 11) is 0. The largest absolute Gasteiger partial charge is 0.462 e. The fraction of sp³-hybridized carbons (Fsp3) is 0.936. The van der Waals surface area contributed by atoms with E-state index in [1.807, 2.05) is 0 Å². The minimum atomic E-state index is -0.761. The van der Waals surface area contributed by atoms with E-state index >= 15 is 0 Å². The Labute approximate surface area is 329 Å². The van der Waals surface area contributed by atoms with Crippen LogP contribution in [-0.4, -0.2) is 37.2 Å². The summed E-state index contributed by atoms with van der Waals surface area (Å²) in [6, 6.07) is 0. The van der Waals surface area contributed by atoms with E-state index in [1.54, 1.807) is 0 Å². The first-order chi connectivity index (χ1) is 25.8. The summed E-state index contributed by atoms with van der Waals surface area (Å²) in [4.78, 5) is 37.7. The van der Waals surface area contributed by atoms with E-state index in [0.717, 1.165) is 69.6 Å².